The predicted octanol–water partition coefficient (Wildman–Crippen LogP) is 2.16. The first-order valence-electron chi connectivity index (χ1n) is 6.33. The summed E-state index contributed by atoms with van der Waals surface area (Å²) in [5, 5.41) is 8.62. The van der Waals surface area contributed by atoms with Crippen LogP contribution in [0.2, 0.25) is 0 Å². The van der Waals surface area contributed by atoms with Gasteiger partial charge in [0.15, 0.2) is 0 Å². The number of hydrogen-bond acceptors (Lipinski definition) is 3. The zero-order valence-corrected chi connectivity index (χ0v) is 10.9. The minimum absolute atomic E-state index is 0.185. The van der Waals surface area contributed by atoms with E-state index in [2.05, 4.69) is 18.4 Å². The van der Waals surface area contributed by atoms with E-state index in [1.807, 2.05) is 0 Å². The van der Waals surface area contributed by atoms with Crippen LogP contribution in [0.5, 0.6) is 0 Å². The summed E-state index contributed by atoms with van der Waals surface area (Å²) in [5.74, 6) is -0.752. The van der Waals surface area contributed by atoms with Gasteiger partial charge in [-0.1, -0.05) is 19.4 Å². The number of hydrogen-bond donors (Lipinski definition) is 1. The Morgan fingerprint density at radius 1 is 1.35 bits per heavy atom. The average molecular weight is 243 g/mol. The van der Waals surface area contributed by atoms with E-state index in [4.69, 9.17) is 9.84 Å². The lowest BCUT2D eigenvalue weighted by atomic mass is 10.3. The van der Waals surface area contributed by atoms with Gasteiger partial charge >= 0.3 is 5.97 Å². The number of carbonyl (C=O) groups is 1. The van der Waals surface area contributed by atoms with E-state index >= 15 is 0 Å². The van der Waals surface area contributed by atoms with Crippen molar-refractivity contribution in [2.45, 2.75) is 32.6 Å². The summed E-state index contributed by atoms with van der Waals surface area (Å²) in [5.41, 5.74) is 0. The van der Waals surface area contributed by atoms with E-state index in [0.717, 1.165) is 45.6 Å². The minimum atomic E-state index is -0.752. The van der Waals surface area contributed by atoms with E-state index in [0.29, 0.717) is 6.54 Å². The van der Waals surface area contributed by atoms with Gasteiger partial charge in [-0.3, -0.25) is 9.69 Å². The molecule has 4 nitrogen and oxygen atoms in total. The summed E-state index contributed by atoms with van der Waals surface area (Å²) < 4.78 is 5.46. The molecule has 0 saturated heterocycles. The second-order valence-corrected chi connectivity index (χ2v) is 4.05. The summed E-state index contributed by atoms with van der Waals surface area (Å²) in [6.07, 6.45) is 5.19. The van der Waals surface area contributed by atoms with Crippen molar-refractivity contribution in [2.75, 3.05) is 32.8 Å². The number of nitrogens with zero attached hydrogens (tertiary/aromatic N) is 1. The number of aliphatic carboxylic acids is 1. The molecule has 0 aromatic carbocycles. The van der Waals surface area contributed by atoms with Crippen LogP contribution in [0.1, 0.15) is 32.6 Å². The summed E-state index contributed by atoms with van der Waals surface area (Å²) in [6.45, 7) is 9.58. The lowest BCUT2D eigenvalue weighted by Crippen LogP contribution is -2.28. The van der Waals surface area contributed by atoms with Crippen molar-refractivity contribution in [3.05, 3.63) is 12.7 Å². The molecule has 0 saturated carbocycles. The van der Waals surface area contributed by atoms with Crippen molar-refractivity contribution in [2.24, 2.45) is 0 Å². The molecule has 0 aromatic rings. The van der Waals surface area contributed by atoms with Crippen molar-refractivity contribution >= 4 is 5.97 Å². The second kappa shape index (κ2) is 11.6. The third-order valence-electron chi connectivity index (χ3n) is 2.43. The van der Waals surface area contributed by atoms with E-state index in [-0.39, 0.29) is 6.42 Å². The molecule has 100 valence electrons. The number of carboxylic acids is 1. The van der Waals surface area contributed by atoms with Crippen LogP contribution < -0.4 is 0 Å². The van der Waals surface area contributed by atoms with Gasteiger partial charge < -0.3 is 9.84 Å². The molecule has 0 atom stereocenters. The van der Waals surface area contributed by atoms with Crippen LogP contribution in [-0.2, 0) is 9.53 Å². The zero-order chi connectivity index (χ0) is 12.9. The monoisotopic (exact) mass is 243 g/mol. The standard InChI is InChI=1S/C13H25NO3/c1-3-5-11-17-12-6-9-14(8-4-2)10-7-13(15)16/h4H,2-3,5-12H2,1H3,(H,15,16). The Bertz CT molecular complexity index is 207. The predicted molar refractivity (Wildman–Crippen MR) is 69.2 cm³/mol. The quantitative estimate of drug-likeness (QED) is 0.421. The van der Waals surface area contributed by atoms with E-state index in [9.17, 15) is 4.79 Å². The summed E-state index contributed by atoms with van der Waals surface area (Å²) in [7, 11) is 0. The molecule has 0 aliphatic carbocycles. The molecule has 1 N–H and O–H groups in total. The highest BCUT2D eigenvalue weighted by atomic mass is 16.5. The van der Waals surface area contributed by atoms with Crippen molar-refractivity contribution in [3.8, 4) is 0 Å². The van der Waals surface area contributed by atoms with Crippen molar-refractivity contribution in [1.82, 2.24) is 4.90 Å². The van der Waals surface area contributed by atoms with E-state index < -0.39 is 5.97 Å². The average Bonchev–Trinajstić information content (AvgIpc) is 2.30. The Morgan fingerprint density at radius 3 is 2.65 bits per heavy atom. The maximum Gasteiger partial charge on any atom is 0.304 e. The molecule has 17 heavy (non-hydrogen) atoms. The van der Waals surface area contributed by atoms with Crippen LogP contribution in [0, 0.1) is 0 Å². The van der Waals surface area contributed by atoms with Gasteiger partial charge in [-0.25, -0.2) is 0 Å². The molecule has 0 fully saturated rings. The van der Waals surface area contributed by atoms with Gasteiger partial charge in [0, 0.05) is 32.8 Å². The molecule has 0 aromatic heterocycles. The molecular formula is C13H25NO3. The molecule has 0 heterocycles. The topological polar surface area (TPSA) is 49.8 Å². The van der Waals surface area contributed by atoms with Crippen LogP contribution in [0.3, 0.4) is 0 Å². The largest absolute Gasteiger partial charge is 0.481 e. The van der Waals surface area contributed by atoms with Crippen LogP contribution in [0.15, 0.2) is 12.7 Å². The third kappa shape index (κ3) is 11.4. The van der Waals surface area contributed by atoms with E-state index in [1.165, 1.54) is 0 Å². The van der Waals surface area contributed by atoms with Gasteiger partial charge in [-0.2, -0.15) is 0 Å². The Balaban J connectivity index is 3.54. The maximum absolute atomic E-state index is 10.5. The fourth-order valence-electron chi connectivity index (χ4n) is 1.47. The molecule has 0 radical (unpaired) electrons. The molecule has 0 spiro atoms. The Hall–Kier alpha value is -0.870. The molecule has 0 aliphatic heterocycles. The Labute approximate surface area is 104 Å². The molecule has 0 bridgehead atoms. The fourth-order valence-corrected chi connectivity index (χ4v) is 1.47. The van der Waals surface area contributed by atoms with Gasteiger partial charge in [0.2, 0.25) is 0 Å². The Kier molecular flexibility index (Phi) is 11.0. The van der Waals surface area contributed by atoms with Crippen molar-refractivity contribution in [3.63, 3.8) is 0 Å². The maximum atomic E-state index is 10.5. The second-order valence-electron chi connectivity index (χ2n) is 4.05. The van der Waals surface area contributed by atoms with E-state index in [1.54, 1.807) is 6.08 Å². The molecule has 0 amide bonds. The molecular weight excluding hydrogens is 218 g/mol. The first kappa shape index (κ1) is 16.1. The number of carboxylic acid groups (broad SMARTS) is 1. The van der Waals surface area contributed by atoms with Gasteiger partial charge in [0.25, 0.3) is 0 Å². The third-order valence-corrected chi connectivity index (χ3v) is 2.43. The number of unbranched alkanes of at least 4 members (excludes halogenated alkanes) is 1. The van der Waals surface area contributed by atoms with Gasteiger partial charge in [0.1, 0.15) is 0 Å². The summed E-state index contributed by atoms with van der Waals surface area (Å²) in [6, 6.07) is 0. The van der Waals surface area contributed by atoms with Gasteiger partial charge in [-0.05, 0) is 12.8 Å². The molecule has 0 aliphatic rings. The SMILES string of the molecule is C=CCN(CCCOCCCC)CCC(=O)O. The number of rotatable bonds is 12. The minimum Gasteiger partial charge on any atom is -0.481 e. The molecule has 0 rings (SSSR count). The molecule has 4 heteroatoms. The van der Waals surface area contributed by atoms with Gasteiger partial charge in [0.05, 0.1) is 6.42 Å². The Morgan fingerprint density at radius 2 is 2.06 bits per heavy atom. The van der Waals surface area contributed by atoms with Crippen LogP contribution >= 0.6 is 0 Å². The molecule has 0 unspecified atom stereocenters. The first-order valence-corrected chi connectivity index (χ1v) is 6.33. The highest BCUT2D eigenvalue weighted by Crippen LogP contribution is 1.96. The summed E-state index contributed by atoms with van der Waals surface area (Å²) in [4.78, 5) is 12.6. The highest BCUT2D eigenvalue weighted by Gasteiger charge is 2.05. The normalized spacial score (nSPS) is 10.7. The van der Waals surface area contributed by atoms with Crippen molar-refractivity contribution < 1.29 is 14.6 Å². The first-order chi connectivity index (χ1) is 8.20. The van der Waals surface area contributed by atoms with Crippen LogP contribution in [-0.4, -0.2) is 48.8 Å². The number of ether oxygens (including phenoxy) is 1. The van der Waals surface area contributed by atoms with Crippen LogP contribution in [0.4, 0.5) is 0 Å². The lowest BCUT2D eigenvalue weighted by molar-refractivity contribution is -0.137. The zero-order valence-electron chi connectivity index (χ0n) is 10.9. The smallest absolute Gasteiger partial charge is 0.304 e. The van der Waals surface area contributed by atoms with Gasteiger partial charge in [-0.15, -0.1) is 6.58 Å². The highest BCUT2D eigenvalue weighted by molar-refractivity contribution is 5.66. The fraction of sp³-hybridized carbons (Fsp3) is 0.769. The van der Waals surface area contributed by atoms with Crippen LogP contribution in [0.25, 0.3) is 0 Å². The van der Waals surface area contributed by atoms with Crippen molar-refractivity contribution in [1.29, 1.82) is 0 Å². The lowest BCUT2D eigenvalue weighted by Gasteiger charge is -2.19. The summed E-state index contributed by atoms with van der Waals surface area (Å²) >= 11 is 0.